The standard InChI is InChI=1S/C22H30N4O/c1-25-20-11-10-18(26-14-6-3-7-15-26)16-19(20)21(24-25)22(27)23-13-12-17-8-4-2-5-9-17/h2,4-5,8-9,18H,3,6-7,10-16H2,1H3,(H,23,27). The second-order valence-corrected chi connectivity index (χ2v) is 7.88. The number of hydrogen-bond acceptors (Lipinski definition) is 3. The van der Waals surface area contributed by atoms with E-state index in [1.807, 2.05) is 29.9 Å². The van der Waals surface area contributed by atoms with Gasteiger partial charge in [-0.2, -0.15) is 5.10 Å². The fraction of sp³-hybridized carbons (Fsp3) is 0.545. The van der Waals surface area contributed by atoms with Crippen molar-refractivity contribution in [1.82, 2.24) is 20.0 Å². The number of nitrogens with zero attached hydrogens (tertiary/aromatic N) is 3. The Bertz CT molecular complexity index is 777. The van der Waals surface area contributed by atoms with E-state index in [-0.39, 0.29) is 5.91 Å². The first-order valence-electron chi connectivity index (χ1n) is 10.3. The molecule has 5 heteroatoms. The van der Waals surface area contributed by atoms with Crippen molar-refractivity contribution in [2.45, 2.75) is 51.0 Å². The third-order valence-electron chi connectivity index (χ3n) is 6.09. The van der Waals surface area contributed by atoms with Gasteiger partial charge in [0.2, 0.25) is 0 Å². The smallest absolute Gasteiger partial charge is 0.272 e. The van der Waals surface area contributed by atoms with Crippen molar-refractivity contribution in [1.29, 1.82) is 0 Å². The highest BCUT2D eigenvalue weighted by Gasteiger charge is 2.31. The van der Waals surface area contributed by atoms with Crippen molar-refractivity contribution >= 4 is 5.91 Å². The third-order valence-corrected chi connectivity index (χ3v) is 6.09. The maximum atomic E-state index is 12.8. The molecule has 1 saturated heterocycles. The molecule has 27 heavy (non-hydrogen) atoms. The Morgan fingerprint density at radius 1 is 1.19 bits per heavy atom. The van der Waals surface area contributed by atoms with Gasteiger partial charge in [-0.05, 0) is 57.2 Å². The van der Waals surface area contributed by atoms with E-state index in [0.29, 0.717) is 18.3 Å². The zero-order valence-electron chi connectivity index (χ0n) is 16.3. The fourth-order valence-corrected chi connectivity index (χ4v) is 4.60. The predicted molar refractivity (Wildman–Crippen MR) is 107 cm³/mol. The topological polar surface area (TPSA) is 50.2 Å². The highest BCUT2D eigenvalue weighted by Crippen LogP contribution is 2.28. The molecule has 1 atom stereocenters. The van der Waals surface area contributed by atoms with E-state index in [2.05, 4.69) is 27.4 Å². The van der Waals surface area contributed by atoms with Crippen LogP contribution in [0.3, 0.4) is 0 Å². The van der Waals surface area contributed by atoms with Gasteiger partial charge in [-0.15, -0.1) is 0 Å². The average Bonchev–Trinajstić information content (AvgIpc) is 3.05. The molecule has 5 nitrogen and oxygen atoms in total. The number of carbonyl (C=O) groups is 1. The number of piperidine rings is 1. The lowest BCUT2D eigenvalue weighted by Crippen LogP contribution is -2.42. The summed E-state index contributed by atoms with van der Waals surface area (Å²) in [6.07, 6.45) is 7.99. The summed E-state index contributed by atoms with van der Waals surface area (Å²) in [5, 5.41) is 7.66. The summed E-state index contributed by atoms with van der Waals surface area (Å²) < 4.78 is 1.92. The highest BCUT2D eigenvalue weighted by atomic mass is 16.1. The monoisotopic (exact) mass is 366 g/mol. The number of aromatic nitrogens is 2. The second kappa shape index (κ2) is 8.26. The zero-order chi connectivity index (χ0) is 18.6. The molecule has 1 fully saturated rings. The zero-order valence-corrected chi connectivity index (χ0v) is 16.3. The number of nitrogens with one attached hydrogen (secondary N) is 1. The predicted octanol–water partition coefficient (Wildman–Crippen LogP) is 2.74. The van der Waals surface area contributed by atoms with Gasteiger partial charge in [0.15, 0.2) is 5.69 Å². The number of likely N-dealkylation sites (tertiary alicyclic amines) is 1. The van der Waals surface area contributed by atoms with Crippen molar-refractivity contribution in [2.24, 2.45) is 7.05 Å². The summed E-state index contributed by atoms with van der Waals surface area (Å²) in [6.45, 7) is 3.06. The van der Waals surface area contributed by atoms with Crippen LogP contribution in [0.5, 0.6) is 0 Å². The maximum absolute atomic E-state index is 12.8. The first kappa shape index (κ1) is 18.2. The molecule has 1 aliphatic heterocycles. The minimum atomic E-state index is -0.0259. The van der Waals surface area contributed by atoms with E-state index in [1.54, 1.807) is 0 Å². The highest BCUT2D eigenvalue weighted by molar-refractivity contribution is 5.94. The van der Waals surface area contributed by atoms with Crippen molar-refractivity contribution in [2.75, 3.05) is 19.6 Å². The summed E-state index contributed by atoms with van der Waals surface area (Å²) in [5.41, 5.74) is 4.31. The van der Waals surface area contributed by atoms with Crippen LogP contribution in [-0.2, 0) is 26.3 Å². The van der Waals surface area contributed by atoms with Crippen LogP contribution in [0.15, 0.2) is 30.3 Å². The van der Waals surface area contributed by atoms with Gasteiger partial charge in [0.05, 0.1) is 0 Å². The number of hydrogen-bond donors (Lipinski definition) is 1. The molecule has 2 aliphatic rings. The molecule has 1 aromatic heterocycles. The molecule has 2 aromatic rings. The lowest BCUT2D eigenvalue weighted by molar-refractivity contribution is 0.0946. The van der Waals surface area contributed by atoms with Gasteiger partial charge < -0.3 is 10.2 Å². The van der Waals surface area contributed by atoms with Crippen molar-refractivity contribution in [3.63, 3.8) is 0 Å². The van der Waals surface area contributed by atoms with Gasteiger partial charge in [-0.1, -0.05) is 36.8 Å². The van der Waals surface area contributed by atoms with E-state index in [9.17, 15) is 4.79 Å². The molecule has 144 valence electrons. The molecule has 4 rings (SSSR count). The van der Waals surface area contributed by atoms with Gasteiger partial charge in [0.1, 0.15) is 0 Å². The lowest BCUT2D eigenvalue weighted by atomic mass is 9.89. The van der Waals surface area contributed by atoms with Crippen LogP contribution in [0.2, 0.25) is 0 Å². The van der Waals surface area contributed by atoms with Crippen molar-refractivity contribution < 1.29 is 4.79 Å². The van der Waals surface area contributed by atoms with Crippen LogP contribution in [0.4, 0.5) is 0 Å². The maximum Gasteiger partial charge on any atom is 0.272 e. The molecular formula is C22H30N4O. The van der Waals surface area contributed by atoms with E-state index in [1.165, 1.54) is 55.6 Å². The number of fused-ring (bicyclic) bond motifs is 1. The molecule has 1 unspecified atom stereocenters. The van der Waals surface area contributed by atoms with E-state index in [4.69, 9.17) is 0 Å². The lowest BCUT2D eigenvalue weighted by Gasteiger charge is -2.36. The summed E-state index contributed by atoms with van der Waals surface area (Å²) in [6, 6.07) is 10.8. The Morgan fingerprint density at radius 3 is 2.74 bits per heavy atom. The number of benzene rings is 1. The van der Waals surface area contributed by atoms with Gasteiger partial charge in [0, 0.05) is 30.9 Å². The van der Waals surface area contributed by atoms with Crippen LogP contribution < -0.4 is 5.32 Å². The van der Waals surface area contributed by atoms with E-state index < -0.39 is 0 Å². The van der Waals surface area contributed by atoms with Crippen molar-refractivity contribution in [3.8, 4) is 0 Å². The average molecular weight is 367 g/mol. The minimum Gasteiger partial charge on any atom is -0.350 e. The van der Waals surface area contributed by atoms with Crippen LogP contribution in [0.25, 0.3) is 0 Å². The molecule has 0 spiro atoms. The van der Waals surface area contributed by atoms with Crippen LogP contribution in [0, 0.1) is 0 Å². The SMILES string of the molecule is Cn1nc(C(=O)NCCc2ccccc2)c2c1CCC(N1CCCCC1)C2. The Balaban J connectivity index is 1.42. The second-order valence-electron chi connectivity index (χ2n) is 7.88. The van der Waals surface area contributed by atoms with Crippen LogP contribution in [-0.4, -0.2) is 46.3 Å². The molecule has 1 amide bonds. The minimum absolute atomic E-state index is 0.0259. The Hall–Kier alpha value is -2.14. The summed E-state index contributed by atoms with van der Waals surface area (Å²) in [4.78, 5) is 15.4. The third kappa shape index (κ3) is 4.08. The molecule has 0 saturated carbocycles. The Labute approximate surface area is 161 Å². The first-order chi connectivity index (χ1) is 13.2. The fourth-order valence-electron chi connectivity index (χ4n) is 4.60. The quantitative estimate of drug-likeness (QED) is 0.885. The molecular weight excluding hydrogens is 336 g/mol. The van der Waals surface area contributed by atoms with Gasteiger partial charge in [-0.3, -0.25) is 9.48 Å². The largest absolute Gasteiger partial charge is 0.350 e. The number of rotatable bonds is 5. The summed E-state index contributed by atoms with van der Waals surface area (Å²) in [7, 11) is 1.97. The first-order valence-corrected chi connectivity index (χ1v) is 10.3. The van der Waals surface area contributed by atoms with Crippen molar-refractivity contribution in [3.05, 3.63) is 52.8 Å². The van der Waals surface area contributed by atoms with Gasteiger partial charge in [0.25, 0.3) is 5.91 Å². The molecule has 1 N–H and O–H groups in total. The Kier molecular flexibility index (Phi) is 5.58. The van der Waals surface area contributed by atoms with Crippen LogP contribution in [0.1, 0.15) is 53.0 Å². The normalized spacial score (nSPS) is 20.3. The molecule has 0 radical (unpaired) electrons. The summed E-state index contributed by atoms with van der Waals surface area (Å²) in [5.74, 6) is -0.0259. The number of amides is 1. The summed E-state index contributed by atoms with van der Waals surface area (Å²) >= 11 is 0. The van der Waals surface area contributed by atoms with E-state index >= 15 is 0 Å². The number of carbonyl (C=O) groups excluding carboxylic acids is 1. The molecule has 0 bridgehead atoms. The Morgan fingerprint density at radius 2 is 1.96 bits per heavy atom. The molecule has 1 aliphatic carbocycles. The van der Waals surface area contributed by atoms with Gasteiger partial charge in [-0.25, -0.2) is 0 Å². The van der Waals surface area contributed by atoms with Gasteiger partial charge >= 0.3 is 0 Å². The van der Waals surface area contributed by atoms with Crippen LogP contribution >= 0.6 is 0 Å². The number of aryl methyl sites for hydroxylation is 1. The van der Waals surface area contributed by atoms with E-state index in [0.717, 1.165) is 19.3 Å². The molecule has 1 aromatic carbocycles. The molecule has 2 heterocycles.